The number of carbonyl (C=O) groups excluding carboxylic acids is 2. The normalized spacial score (nSPS) is 16.7. The summed E-state index contributed by atoms with van der Waals surface area (Å²) >= 11 is 0. The summed E-state index contributed by atoms with van der Waals surface area (Å²) in [4.78, 5) is 36.5. The molecule has 0 radical (unpaired) electrons. The third-order valence-corrected chi connectivity index (χ3v) is 7.25. The molecular formula is C27H34N6O2. The van der Waals surface area contributed by atoms with Gasteiger partial charge < -0.3 is 19.7 Å². The van der Waals surface area contributed by atoms with Gasteiger partial charge in [0.05, 0.1) is 17.6 Å². The Morgan fingerprint density at radius 3 is 2.31 bits per heavy atom. The molecule has 1 aromatic heterocycles. The van der Waals surface area contributed by atoms with Gasteiger partial charge in [-0.2, -0.15) is 0 Å². The van der Waals surface area contributed by atoms with Gasteiger partial charge in [0.25, 0.3) is 5.91 Å². The SMILES string of the molecule is CCc1ccc(NC(=O)N2CCN(Cc3nc4cc(C(=O)N5CCCC5)ccc4n3C)CC2)cc1. The molecule has 184 valence electrons. The number of imidazole rings is 1. The van der Waals surface area contributed by atoms with E-state index in [0.717, 1.165) is 68.0 Å². The number of urea groups is 1. The largest absolute Gasteiger partial charge is 0.339 e. The molecule has 0 unspecified atom stereocenters. The number of hydrogen-bond acceptors (Lipinski definition) is 4. The summed E-state index contributed by atoms with van der Waals surface area (Å²) in [7, 11) is 2.03. The molecule has 0 aliphatic carbocycles. The molecule has 2 saturated heterocycles. The Morgan fingerprint density at radius 2 is 1.63 bits per heavy atom. The van der Waals surface area contributed by atoms with E-state index in [1.165, 1.54) is 5.56 Å². The van der Waals surface area contributed by atoms with Crippen LogP contribution >= 0.6 is 0 Å². The fourth-order valence-corrected chi connectivity index (χ4v) is 4.96. The third kappa shape index (κ3) is 5.03. The Morgan fingerprint density at radius 1 is 0.914 bits per heavy atom. The minimum absolute atomic E-state index is 0.0492. The molecule has 0 atom stereocenters. The van der Waals surface area contributed by atoms with Crippen LogP contribution < -0.4 is 5.32 Å². The van der Waals surface area contributed by atoms with Gasteiger partial charge in [-0.25, -0.2) is 9.78 Å². The second kappa shape index (κ2) is 10.1. The van der Waals surface area contributed by atoms with Gasteiger partial charge in [-0.15, -0.1) is 0 Å². The Kier molecular flexibility index (Phi) is 6.72. The summed E-state index contributed by atoms with van der Waals surface area (Å²) in [5.74, 6) is 1.08. The van der Waals surface area contributed by atoms with Crippen molar-refractivity contribution in [2.45, 2.75) is 32.7 Å². The monoisotopic (exact) mass is 474 g/mol. The summed E-state index contributed by atoms with van der Waals surface area (Å²) < 4.78 is 2.11. The van der Waals surface area contributed by atoms with E-state index in [1.807, 2.05) is 47.2 Å². The minimum atomic E-state index is -0.0492. The number of aryl methyl sites for hydroxylation is 2. The van der Waals surface area contributed by atoms with E-state index in [1.54, 1.807) is 0 Å². The molecule has 2 aromatic carbocycles. The molecule has 2 aliphatic rings. The Labute approximate surface area is 206 Å². The van der Waals surface area contributed by atoms with Crippen molar-refractivity contribution in [3.63, 3.8) is 0 Å². The lowest BCUT2D eigenvalue weighted by Gasteiger charge is -2.34. The number of amides is 3. The van der Waals surface area contributed by atoms with Crippen LogP contribution in [0.1, 0.15) is 41.5 Å². The van der Waals surface area contributed by atoms with Crippen LogP contribution in [0.4, 0.5) is 10.5 Å². The molecule has 0 saturated carbocycles. The lowest BCUT2D eigenvalue weighted by Crippen LogP contribution is -2.49. The molecule has 3 aromatic rings. The van der Waals surface area contributed by atoms with Crippen molar-refractivity contribution in [2.24, 2.45) is 7.05 Å². The van der Waals surface area contributed by atoms with Gasteiger partial charge in [0.1, 0.15) is 5.82 Å². The number of likely N-dealkylation sites (tertiary alicyclic amines) is 1. The predicted molar refractivity (Wildman–Crippen MR) is 138 cm³/mol. The predicted octanol–water partition coefficient (Wildman–Crippen LogP) is 3.72. The molecule has 35 heavy (non-hydrogen) atoms. The summed E-state index contributed by atoms with van der Waals surface area (Å²) in [5, 5.41) is 3.01. The van der Waals surface area contributed by atoms with Crippen LogP contribution in [0.3, 0.4) is 0 Å². The van der Waals surface area contributed by atoms with E-state index in [-0.39, 0.29) is 11.9 Å². The van der Waals surface area contributed by atoms with E-state index in [2.05, 4.69) is 33.8 Å². The fourth-order valence-electron chi connectivity index (χ4n) is 4.96. The molecule has 2 fully saturated rings. The van der Waals surface area contributed by atoms with Gasteiger partial charge in [-0.05, 0) is 55.2 Å². The second-order valence-electron chi connectivity index (χ2n) is 9.53. The number of piperazine rings is 1. The molecule has 8 nitrogen and oxygen atoms in total. The maximum atomic E-state index is 12.8. The molecule has 3 heterocycles. The van der Waals surface area contributed by atoms with Crippen LogP contribution in [-0.2, 0) is 20.0 Å². The van der Waals surface area contributed by atoms with Gasteiger partial charge >= 0.3 is 6.03 Å². The number of rotatable bonds is 5. The molecule has 8 heteroatoms. The molecule has 3 amide bonds. The van der Waals surface area contributed by atoms with Crippen molar-refractivity contribution < 1.29 is 9.59 Å². The number of nitrogens with one attached hydrogen (secondary N) is 1. The van der Waals surface area contributed by atoms with E-state index in [0.29, 0.717) is 25.2 Å². The lowest BCUT2D eigenvalue weighted by atomic mass is 10.1. The summed E-state index contributed by atoms with van der Waals surface area (Å²) in [5.41, 5.74) is 4.70. The Hall–Kier alpha value is -3.39. The zero-order valence-corrected chi connectivity index (χ0v) is 20.7. The molecule has 5 rings (SSSR count). The number of fused-ring (bicyclic) bond motifs is 1. The second-order valence-corrected chi connectivity index (χ2v) is 9.53. The zero-order valence-electron chi connectivity index (χ0n) is 20.7. The van der Waals surface area contributed by atoms with E-state index < -0.39 is 0 Å². The van der Waals surface area contributed by atoms with Gasteiger partial charge in [0.15, 0.2) is 0 Å². The highest BCUT2D eigenvalue weighted by Crippen LogP contribution is 2.21. The Bertz CT molecular complexity index is 1200. The van der Waals surface area contributed by atoms with Crippen molar-refractivity contribution >= 4 is 28.7 Å². The first-order valence-electron chi connectivity index (χ1n) is 12.6. The maximum absolute atomic E-state index is 12.8. The van der Waals surface area contributed by atoms with Gasteiger partial charge in [0.2, 0.25) is 0 Å². The standard InChI is InChI=1S/C27H34N6O2/c1-3-20-6-9-22(10-7-20)28-27(35)33-16-14-31(15-17-33)19-25-29-23-18-21(8-11-24(23)30(25)2)26(34)32-12-4-5-13-32/h6-11,18H,3-5,12-17,19H2,1-2H3,(H,28,35). The first-order valence-corrected chi connectivity index (χ1v) is 12.6. The van der Waals surface area contributed by atoms with Crippen LogP contribution in [0, 0.1) is 0 Å². The van der Waals surface area contributed by atoms with Crippen LogP contribution in [0.25, 0.3) is 11.0 Å². The fraction of sp³-hybridized carbons (Fsp3) is 0.444. The third-order valence-electron chi connectivity index (χ3n) is 7.25. The van der Waals surface area contributed by atoms with Crippen molar-refractivity contribution in [3.8, 4) is 0 Å². The van der Waals surface area contributed by atoms with Crippen LogP contribution in [0.15, 0.2) is 42.5 Å². The number of benzene rings is 2. The number of carbonyl (C=O) groups is 2. The molecule has 1 N–H and O–H groups in total. The van der Waals surface area contributed by atoms with Crippen molar-refractivity contribution in [1.82, 2.24) is 24.3 Å². The summed E-state index contributed by atoms with van der Waals surface area (Å²) in [6.45, 7) is 7.48. The molecule has 0 bridgehead atoms. The quantitative estimate of drug-likeness (QED) is 0.612. The van der Waals surface area contributed by atoms with Gasteiger partial charge in [0, 0.05) is 57.6 Å². The number of aromatic nitrogens is 2. The van der Waals surface area contributed by atoms with Crippen molar-refractivity contribution in [3.05, 3.63) is 59.4 Å². The number of hydrogen-bond donors (Lipinski definition) is 1. The number of anilines is 1. The molecular weight excluding hydrogens is 440 g/mol. The first-order chi connectivity index (χ1) is 17.0. The molecule has 0 spiro atoms. The topological polar surface area (TPSA) is 73.7 Å². The van der Waals surface area contributed by atoms with Crippen LogP contribution in [0.2, 0.25) is 0 Å². The van der Waals surface area contributed by atoms with Crippen LogP contribution in [0.5, 0.6) is 0 Å². The van der Waals surface area contributed by atoms with E-state index in [9.17, 15) is 9.59 Å². The smallest absolute Gasteiger partial charge is 0.321 e. The number of nitrogens with zero attached hydrogens (tertiary/aromatic N) is 5. The van der Waals surface area contributed by atoms with Gasteiger partial charge in [-0.1, -0.05) is 19.1 Å². The molecule has 2 aliphatic heterocycles. The first kappa shape index (κ1) is 23.4. The highest BCUT2D eigenvalue weighted by molar-refractivity contribution is 5.97. The zero-order chi connectivity index (χ0) is 24.4. The minimum Gasteiger partial charge on any atom is -0.339 e. The van der Waals surface area contributed by atoms with E-state index in [4.69, 9.17) is 4.98 Å². The van der Waals surface area contributed by atoms with Crippen LogP contribution in [-0.4, -0.2) is 75.5 Å². The highest BCUT2D eigenvalue weighted by Gasteiger charge is 2.24. The summed E-state index contributed by atoms with van der Waals surface area (Å²) in [6, 6.07) is 13.8. The maximum Gasteiger partial charge on any atom is 0.321 e. The summed E-state index contributed by atoms with van der Waals surface area (Å²) in [6.07, 6.45) is 3.16. The highest BCUT2D eigenvalue weighted by atomic mass is 16.2. The average Bonchev–Trinajstić information content (AvgIpc) is 3.53. The van der Waals surface area contributed by atoms with Gasteiger partial charge in [-0.3, -0.25) is 9.69 Å². The average molecular weight is 475 g/mol. The van der Waals surface area contributed by atoms with Crippen molar-refractivity contribution in [1.29, 1.82) is 0 Å². The Balaban J connectivity index is 1.18. The van der Waals surface area contributed by atoms with Crippen molar-refractivity contribution in [2.75, 3.05) is 44.6 Å². The van der Waals surface area contributed by atoms with E-state index >= 15 is 0 Å². The lowest BCUT2D eigenvalue weighted by molar-refractivity contribution is 0.0793.